The monoisotopic (exact) mass is 251 g/mol. The fourth-order valence-corrected chi connectivity index (χ4v) is 1.45. The second-order valence-electron chi connectivity index (χ2n) is 3.50. The lowest BCUT2D eigenvalue weighted by molar-refractivity contribution is 0.102. The first kappa shape index (κ1) is 11.5. The van der Waals surface area contributed by atoms with E-state index in [0.29, 0.717) is 5.69 Å². The maximum absolute atomic E-state index is 11.8. The maximum Gasteiger partial charge on any atom is 0.276 e. The van der Waals surface area contributed by atoms with Crippen molar-refractivity contribution in [3.05, 3.63) is 34.9 Å². The standard InChI is InChI=1S/C10H10ClN5O/c1-6-8(5-16(2)15-6)12-10(17)7-3-4-9(11)14-13-7/h3-5H,1-2H3,(H,12,17). The molecule has 1 amide bonds. The van der Waals surface area contributed by atoms with Crippen molar-refractivity contribution in [2.75, 3.05) is 5.32 Å². The highest BCUT2D eigenvalue weighted by Crippen LogP contribution is 2.12. The fraction of sp³-hybridized carbons (Fsp3) is 0.200. The molecule has 0 bridgehead atoms. The van der Waals surface area contributed by atoms with Crippen LogP contribution in [0, 0.1) is 6.92 Å². The fourth-order valence-electron chi connectivity index (χ4n) is 1.35. The number of halogens is 1. The Morgan fingerprint density at radius 3 is 2.71 bits per heavy atom. The van der Waals surface area contributed by atoms with E-state index < -0.39 is 0 Å². The molecule has 0 atom stereocenters. The zero-order chi connectivity index (χ0) is 12.4. The molecule has 0 aliphatic rings. The van der Waals surface area contributed by atoms with Crippen LogP contribution in [0.2, 0.25) is 5.15 Å². The van der Waals surface area contributed by atoms with Crippen molar-refractivity contribution in [2.45, 2.75) is 6.92 Å². The number of aromatic nitrogens is 4. The summed E-state index contributed by atoms with van der Waals surface area (Å²) in [6.45, 7) is 1.81. The van der Waals surface area contributed by atoms with Crippen LogP contribution in [-0.4, -0.2) is 25.9 Å². The second kappa shape index (κ2) is 4.50. The van der Waals surface area contributed by atoms with Crippen LogP contribution in [0.3, 0.4) is 0 Å². The molecule has 0 unspecified atom stereocenters. The van der Waals surface area contributed by atoms with Gasteiger partial charge < -0.3 is 5.32 Å². The Hall–Kier alpha value is -1.95. The third-order valence-electron chi connectivity index (χ3n) is 2.13. The van der Waals surface area contributed by atoms with Crippen LogP contribution in [0.25, 0.3) is 0 Å². The molecule has 2 aromatic heterocycles. The Labute approximate surface area is 103 Å². The van der Waals surface area contributed by atoms with Crippen molar-refractivity contribution in [1.82, 2.24) is 20.0 Å². The zero-order valence-electron chi connectivity index (χ0n) is 9.31. The van der Waals surface area contributed by atoms with Crippen LogP contribution in [0.15, 0.2) is 18.3 Å². The Morgan fingerprint density at radius 2 is 2.18 bits per heavy atom. The third-order valence-corrected chi connectivity index (χ3v) is 2.33. The molecule has 0 radical (unpaired) electrons. The van der Waals surface area contributed by atoms with Gasteiger partial charge in [-0.1, -0.05) is 11.6 Å². The Bertz CT molecular complexity index is 548. The van der Waals surface area contributed by atoms with Gasteiger partial charge >= 0.3 is 0 Å². The van der Waals surface area contributed by atoms with Crippen LogP contribution in [-0.2, 0) is 7.05 Å². The number of amides is 1. The van der Waals surface area contributed by atoms with Crippen molar-refractivity contribution in [3.8, 4) is 0 Å². The van der Waals surface area contributed by atoms with Crippen molar-refractivity contribution in [1.29, 1.82) is 0 Å². The molecule has 7 heteroatoms. The summed E-state index contributed by atoms with van der Waals surface area (Å²) in [5.41, 5.74) is 1.59. The predicted molar refractivity (Wildman–Crippen MR) is 62.9 cm³/mol. The molecule has 0 saturated carbocycles. The van der Waals surface area contributed by atoms with Crippen molar-refractivity contribution in [3.63, 3.8) is 0 Å². The highest BCUT2D eigenvalue weighted by molar-refractivity contribution is 6.29. The molecule has 0 saturated heterocycles. The molecule has 0 aromatic carbocycles. The van der Waals surface area contributed by atoms with E-state index in [0.717, 1.165) is 5.69 Å². The van der Waals surface area contributed by atoms with Gasteiger partial charge in [0, 0.05) is 13.2 Å². The number of nitrogens with zero attached hydrogens (tertiary/aromatic N) is 4. The number of nitrogens with one attached hydrogen (secondary N) is 1. The van der Waals surface area contributed by atoms with Gasteiger partial charge in [-0.3, -0.25) is 9.48 Å². The van der Waals surface area contributed by atoms with Gasteiger partial charge in [-0.15, -0.1) is 10.2 Å². The van der Waals surface area contributed by atoms with E-state index in [4.69, 9.17) is 11.6 Å². The van der Waals surface area contributed by atoms with Gasteiger partial charge in [0.1, 0.15) is 0 Å². The highest BCUT2D eigenvalue weighted by Gasteiger charge is 2.11. The highest BCUT2D eigenvalue weighted by atomic mass is 35.5. The van der Waals surface area contributed by atoms with E-state index in [1.165, 1.54) is 12.1 Å². The first-order valence-corrected chi connectivity index (χ1v) is 5.25. The van der Waals surface area contributed by atoms with Crippen molar-refractivity contribution in [2.24, 2.45) is 7.05 Å². The summed E-state index contributed by atoms with van der Waals surface area (Å²) in [6.07, 6.45) is 1.72. The molecular weight excluding hydrogens is 242 g/mol. The molecule has 2 heterocycles. The van der Waals surface area contributed by atoms with E-state index in [1.54, 1.807) is 17.9 Å². The topological polar surface area (TPSA) is 72.7 Å². The summed E-state index contributed by atoms with van der Waals surface area (Å²) in [4.78, 5) is 11.8. The molecular formula is C10H10ClN5O. The Morgan fingerprint density at radius 1 is 1.41 bits per heavy atom. The molecule has 17 heavy (non-hydrogen) atoms. The quantitative estimate of drug-likeness (QED) is 0.876. The van der Waals surface area contributed by atoms with Crippen molar-refractivity contribution < 1.29 is 4.79 Å². The largest absolute Gasteiger partial charge is 0.318 e. The number of rotatable bonds is 2. The van der Waals surface area contributed by atoms with Crippen LogP contribution in [0.1, 0.15) is 16.2 Å². The maximum atomic E-state index is 11.8. The predicted octanol–water partition coefficient (Wildman–Crippen LogP) is 1.42. The number of carbonyl (C=O) groups is 1. The summed E-state index contributed by atoms with van der Waals surface area (Å²) in [5, 5.41) is 14.4. The van der Waals surface area contributed by atoms with E-state index in [9.17, 15) is 4.79 Å². The van der Waals surface area contributed by atoms with E-state index in [1.807, 2.05) is 6.92 Å². The number of carbonyl (C=O) groups excluding carboxylic acids is 1. The molecule has 2 aromatic rings. The van der Waals surface area contributed by atoms with E-state index in [2.05, 4.69) is 20.6 Å². The van der Waals surface area contributed by atoms with Gasteiger partial charge in [-0.25, -0.2) is 0 Å². The summed E-state index contributed by atoms with van der Waals surface area (Å²) in [5.74, 6) is -0.342. The normalized spacial score (nSPS) is 10.3. The summed E-state index contributed by atoms with van der Waals surface area (Å²) in [7, 11) is 1.78. The molecule has 0 fully saturated rings. The van der Waals surface area contributed by atoms with Gasteiger partial charge in [0.25, 0.3) is 5.91 Å². The molecule has 0 aliphatic carbocycles. The minimum atomic E-state index is -0.342. The SMILES string of the molecule is Cc1nn(C)cc1NC(=O)c1ccc(Cl)nn1. The lowest BCUT2D eigenvalue weighted by Crippen LogP contribution is -2.14. The molecule has 6 nitrogen and oxygen atoms in total. The first-order valence-electron chi connectivity index (χ1n) is 4.87. The minimum Gasteiger partial charge on any atom is -0.318 e. The number of hydrogen-bond donors (Lipinski definition) is 1. The van der Waals surface area contributed by atoms with Gasteiger partial charge in [0.15, 0.2) is 10.8 Å². The average Bonchev–Trinajstić information content (AvgIpc) is 2.58. The number of aryl methyl sites for hydroxylation is 2. The van der Waals surface area contributed by atoms with Gasteiger partial charge in [0.05, 0.1) is 11.4 Å². The van der Waals surface area contributed by atoms with Gasteiger partial charge in [-0.2, -0.15) is 5.10 Å². The average molecular weight is 252 g/mol. The molecule has 0 aliphatic heterocycles. The summed E-state index contributed by atoms with van der Waals surface area (Å²) >= 11 is 5.59. The second-order valence-corrected chi connectivity index (χ2v) is 3.88. The van der Waals surface area contributed by atoms with E-state index in [-0.39, 0.29) is 16.8 Å². The first-order chi connectivity index (χ1) is 8.06. The number of hydrogen-bond acceptors (Lipinski definition) is 4. The van der Waals surface area contributed by atoms with E-state index >= 15 is 0 Å². The molecule has 88 valence electrons. The number of anilines is 1. The molecule has 1 N–H and O–H groups in total. The lowest BCUT2D eigenvalue weighted by Gasteiger charge is -2.01. The van der Waals surface area contributed by atoms with Crippen molar-refractivity contribution >= 4 is 23.2 Å². The summed E-state index contributed by atoms with van der Waals surface area (Å²) in [6, 6.07) is 3.02. The lowest BCUT2D eigenvalue weighted by atomic mass is 10.3. The van der Waals surface area contributed by atoms with Crippen LogP contribution >= 0.6 is 11.6 Å². The molecule has 0 spiro atoms. The third kappa shape index (κ3) is 2.59. The van der Waals surface area contributed by atoms with Crippen LogP contribution in [0.4, 0.5) is 5.69 Å². The Kier molecular flexibility index (Phi) is 3.06. The van der Waals surface area contributed by atoms with Crippen LogP contribution in [0.5, 0.6) is 0 Å². The molecule has 2 rings (SSSR count). The van der Waals surface area contributed by atoms with Gasteiger partial charge in [-0.05, 0) is 19.1 Å². The van der Waals surface area contributed by atoms with Crippen LogP contribution < -0.4 is 5.32 Å². The smallest absolute Gasteiger partial charge is 0.276 e. The Balaban J connectivity index is 2.17. The van der Waals surface area contributed by atoms with Gasteiger partial charge in [0.2, 0.25) is 0 Å². The zero-order valence-corrected chi connectivity index (χ0v) is 10.1. The minimum absolute atomic E-state index is 0.206. The summed E-state index contributed by atoms with van der Waals surface area (Å²) < 4.78 is 1.62.